The summed E-state index contributed by atoms with van der Waals surface area (Å²) in [6.07, 6.45) is 0.384. The van der Waals surface area contributed by atoms with Gasteiger partial charge in [0.05, 0.1) is 6.61 Å². The van der Waals surface area contributed by atoms with Gasteiger partial charge in [-0.1, -0.05) is 6.92 Å². The summed E-state index contributed by atoms with van der Waals surface area (Å²) < 4.78 is 20.6. The Hall–Kier alpha value is -0.1000. The Kier molecular flexibility index (Phi) is 9.73. The van der Waals surface area contributed by atoms with Crippen molar-refractivity contribution in [3.8, 4) is 0 Å². The summed E-state index contributed by atoms with van der Waals surface area (Å²) in [5.74, 6) is -1.64. The van der Waals surface area contributed by atoms with Crippen molar-refractivity contribution in [3.05, 3.63) is 0 Å². The lowest BCUT2D eigenvalue weighted by molar-refractivity contribution is -0.228. The first-order valence-corrected chi connectivity index (χ1v) is 7.25. The van der Waals surface area contributed by atoms with Crippen LogP contribution in [0.2, 0.25) is 0 Å². The molecule has 0 aromatic carbocycles. The van der Waals surface area contributed by atoms with Gasteiger partial charge in [0.15, 0.2) is 0 Å². The van der Waals surface area contributed by atoms with E-state index < -0.39 is 14.4 Å². The van der Waals surface area contributed by atoms with Crippen LogP contribution in [0.1, 0.15) is 34.1 Å². The third-order valence-corrected chi connectivity index (χ3v) is 3.02. The van der Waals surface area contributed by atoms with Crippen LogP contribution in [0.3, 0.4) is 0 Å². The number of hydrogen-bond acceptors (Lipinski definition) is 6. The average molecular weight is 282 g/mol. The highest BCUT2D eigenvalue weighted by Gasteiger charge is 2.38. The SMILES string of the molecule is CCOP(O)OCC(=O)C(CC)(OCC)OCC. The second-order valence-electron chi connectivity index (χ2n) is 3.32. The van der Waals surface area contributed by atoms with Gasteiger partial charge in [0, 0.05) is 19.6 Å². The lowest BCUT2D eigenvalue weighted by atomic mass is 10.1. The summed E-state index contributed by atoms with van der Waals surface area (Å²) in [5, 5.41) is 0. The molecule has 0 bridgehead atoms. The van der Waals surface area contributed by atoms with E-state index in [-0.39, 0.29) is 12.4 Å². The van der Waals surface area contributed by atoms with Crippen LogP contribution in [0.5, 0.6) is 0 Å². The van der Waals surface area contributed by atoms with E-state index in [9.17, 15) is 9.69 Å². The molecule has 18 heavy (non-hydrogen) atoms. The maximum atomic E-state index is 12.1. The first-order chi connectivity index (χ1) is 8.56. The van der Waals surface area contributed by atoms with Gasteiger partial charge in [-0.25, -0.2) is 0 Å². The van der Waals surface area contributed by atoms with E-state index in [2.05, 4.69) is 0 Å². The fourth-order valence-corrected chi connectivity index (χ4v) is 1.96. The zero-order valence-electron chi connectivity index (χ0n) is 11.5. The van der Waals surface area contributed by atoms with Crippen LogP contribution in [0.25, 0.3) is 0 Å². The van der Waals surface area contributed by atoms with Gasteiger partial charge in [-0.3, -0.25) is 4.79 Å². The molecule has 0 rings (SSSR count). The molecule has 1 N–H and O–H groups in total. The van der Waals surface area contributed by atoms with Crippen LogP contribution >= 0.6 is 8.60 Å². The Morgan fingerprint density at radius 2 is 1.61 bits per heavy atom. The quantitative estimate of drug-likeness (QED) is 0.461. The summed E-state index contributed by atoms with van der Waals surface area (Å²) in [6.45, 7) is 7.86. The Balaban J connectivity index is 4.45. The number of ketones is 1. The molecule has 0 saturated heterocycles. The van der Waals surface area contributed by atoms with E-state index in [0.717, 1.165) is 0 Å². The molecule has 0 aromatic rings. The molecule has 108 valence electrons. The summed E-state index contributed by atoms with van der Waals surface area (Å²) in [5.41, 5.74) is 0. The maximum Gasteiger partial charge on any atom is 0.330 e. The minimum atomic E-state index is -2.02. The molecule has 0 heterocycles. The fourth-order valence-electron chi connectivity index (χ4n) is 1.44. The van der Waals surface area contributed by atoms with Gasteiger partial charge in [0.25, 0.3) is 0 Å². The molecule has 0 amide bonds. The van der Waals surface area contributed by atoms with Gasteiger partial charge in [0.2, 0.25) is 11.6 Å². The molecule has 0 spiro atoms. The number of rotatable bonds is 11. The normalized spacial score (nSPS) is 13.6. The van der Waals surface area contributed by atoms with E-state index in [1.807, 2.05) is 0 Å². The van der Waals surface area contributed by atoms with Crippen LogP contribution in [0.4, 0.5) is 0 Å². The van der Waals surface area contributed by atoms with Crippen molar-refractivity contribution < 1.29 is 28.2 Å². The van der Waals surface area contributed by atoms with Crippen LogP contribution in [-0.4, -0.2) is 42.9 Å². The summed E-state index contributed by atoms with van der Waals surface area (Å²) in [7, 11) is -2.02. The molecule has 0 aliphatic carbocycles. The zero-order chi connectivity index (χ0) is 14.0. The van der Waals surface area contributed by atoms with E-state index in [1.54, 1.807) is 27.7 Å². The van der Waals surface area contributed by atoms with Crippen molar-refractivity contribution in [1.82, 2.24) is 0 Å². The summed E-state index contributed by atoms with van der Waals surface area (Å²) in [6, 6.07) is 0. The maximum absolute atomic E-state index is 12.1. The van der Waals surface area contributed by atoms with Crippen molar-refractivity contribution in [3.63, 3.8) is 0 Å². The predicted molar refractivity (Wildman–Crippen MR) is 68.0 cm³/mol. The number of carbonyl (C=O) groups is 1. The second kappa shape index (κ2) is 9.78. The van der Waals surface area contributed by atoms with Gasteiger partial charge in [-0.15, -0.1) is 0 Å². The molecule has 0 aliphatic heterocycles. The molecule has 1 unspecified atom stereocenters. The molecule has 0 radical (unpaired) electrons. The van der Waals surface area contributed by atoms with Crippen molar-refractivity contribution in [2.75, 3.05) is 26.4 Å². The fraction of sp³-hybridized carbons (Fsp3) is 0.909. The molecular weight excluding hydrogens is 259 g/mol. The first-order valence-electron chi connectivity index (χ1n) is 6.12. The standard InChI is InChI=1S/C11H23O6P/c1-5-11(14-6-2,15-7-3)10(12)9-17-18(13)16-8-4/h13H,5-9H2,1-4H3. The molecular formula is C11H23O6P. The average Bonchev–Trinajstić information content (AvgIpc) is 2.35. The number of carbonyl (C=O) groups excluding carboxylic acids is 1. The molecule has 6 nitrogen and oxygen atoms in total. The Morgan fingerprint density at radius 1 is 1.06 bits per heavy atom. The molecule has 0 aromatic heterocycles. The third kappa shape index (κ3) is 5.69. The lowest BCUT2D eigenvalue weighted by Gasteiger charge is -2.30. The van der Waals surface area contributed by atoms with Crippen LogP contribution in [0, 0.1) is 0 Å². The Bertz CT molecular complexity index is 230. The van der Waals surface area contributed by atoms with Gasteiger partial charge in [-0.2, -0.15) is 0 Å². The third-order valence-electron chi connectivity index (χ3n) is 2.19. The number of ether oxygens (including phenoxy) is 2. The van der Waals surface area contributed by atoms with Crippen molar-refractivity contribution >= 4 is 14.4 Å². The van der Waals surface area contributed by atoms with Gasteiger partial charge in [0.1, 0.15) is 6.61 Å². The number of Topliss-reactive ketones (excluding diaryl/α,β-unsaturated/α-hetero) is 1. The second-order valence-corrected chi connectivity index (χ2v) is 4.32. The largest absolute Gasteiger partial charge is 0.344 e. The van der Waals surface area contributed by atoms with E-state index >= 15 is 0 Å². The lowest BCUT2D eigenvalue weighted by Crippen LogP contribution is -2.46. The van der Waals surface area contributed by atoms with E-state index in [1.165, 1.54) is 0 Å². The summed E-state index contributed by atoms with van der Waals surface area (Å²) in [4.78, 5) is 21.3. The van der Waals surface area contributed by atoms with Crippen molar-refractivity contribution in [2.45, 2.75) is 39.9 Å². The minimum Gasteiger partial charge on any atom is -0.344 e. The van der Waals surface area contributed by atoms with Crippen LogP contribution in [0.15, 0.2) is 0 Å². The Labute approximate surface area is 110 Å². The van der Waals surface area contributed by atoms with E-state index in [4.69, 9.17) is 18.5 Å². The van der Waals surface area contributed by atoms with E-state index in [0.29, 0.717) is 26.2 Å². The van der Waals surface area contributed by atoms with Gasteiger partial charge < -0.3 is 23.4 Å². The van der Waals surface area contributed by atoms with Gasteiger partial charge in [-0.05, 0) is 20.8 Å². The molecule has 0 aliphatic rings. The minimum absolute atomic E-state index is 0.296. The van der Waals surface area contributed by atoms with Crippen LogP contribution in [-0.2, 0) is 23.3 Å². The first kappa shape index (κ1) is 17.9. The number of hydrogen-bond donors (Lipinski definition) is 1. The highest BCUT2D eigenvalue weighted by Crippen LogP contribution is 2.33. The highest BCUT2D eigenvalue weighted by molar-refractivity contribution is 7.40. The molecule has 0 fully saturated rings. The topological polar surface area (TPSA) is 74.2 Å². The summed E-state index contributed by atoms with van der Waals surface area (Å²) >= 11 is 0. The molecule has 7 heteroatoms. The van der Waals surface area contributed by atoms with Crippen molar-refractivity contribution in [1.29, 1.82) is 0 Å². The smallest absolute Gasteiger partial charge is 0.330 e. The zero-order valence-corrected chi connectivity index (χ0v) is 12.4. The van der Waals surface area contributed by atoms with Gasteiger partial charge >= 0.3 is 8.60 Å². The predicted octanol–water partition coefficient (Wildman–Crippen LogP) is 2.01. The monoisotopic (exact) mass is 282 g/mol. The molecule has 1 atom stereocenters. The molecule has 0 saturated carbocycles. The Morgan fingerprint density at radius 3 is 2.00 bits per heavy atom. The highest BCUT2D eigenvalue weighted by atomic mass is 31.2. The van der Waals surface area contributed by atoms with Crippen LogP contribution < -0.4 is 0 Å². The van der Waals surface area contributed by atoms with Crippen molar-refractivity contribution in [2.24, 2.45) is 0 Å².